The summed E-state index contributed by atoms with van der Waals surface area (Å²) in [4.78, 5) is 16.1. The molecule has 0 spiro atoms. The molecule has 4 rings (SSSR count). The number of rotatable bonds is 9. The summed E-state index contributed by atoms with van der Waals surface area (Å²) >= 11 is 0. The third-order valence-corrected chi connectivity index (χ3v) is 11.5. The summed E-state index contributed by atoms with van der Waals surface area (Å²) in [6.45, 7) is 5.73. The van der Waals surface area contributed by atoms with Crippen molar-refractivity contribution in [3.63, 3.8) is 0 Å². The van der Waals surface area contributed by atoms with Gasteiger partial charge in [-0.2, -0.15) is 4.31 Å². The number of ether oxygens (including phenoxy) is 2. The summed E-state index contributed by atoms with van der Waals surface area (Å²) in [6.07, 6.45) is 1.32. The molecule has 1 aliphatic rings. The Labute approximate surface area is 278 Å². The number of hydrogen-bond donors (Lipinski definition) is 2. The zero-order valence-corrected chi connectivity index (χ0v) is 28.9. The molecule has 47 heavy (non-hydrogen) atoms. The quantitative estimate of drug-likeness (QED) is 0.333. The van der Waals surface area contributed by atoms with E-state index in [-0.39, 0.29) is 52.8 Å². The number of benzene rings is 3. The minimum absolute atomic E-state index is 0.0510. The topological polar surface area (TPSA) is 143 Å². The van der Waals surface area contributed by atoms with Crippen LogP contribution in [0.1, 0.15) is 50.4 Å². The monoisotopic (exact) mass is 687 g/mol. The van der Waals surface area contributed by atoms with Gasteiger partial charge in [0.2, 0.25) is 10.0 Å². The number of nitrogens with one attached hydrogen (secondary N) is 1. The third kappa shape index (κ3) is 9.32. The van der Waals surface area contributed by atoms with Crippen molar-refractivity contribution >= 4 is 31.6 Å². The fourth-order valence-corrected chi connectivity index (χ4v) is 7.66. The van der Waals surface area contributed by atoms with Gasteiger partial charge in [-0.3, -0.25) is 9.52 Å². The van der Waals surface area contributed by atoms with E-state index in [2.05, 4.69) is 4.72 Å². The Balaban J connectivity index is 1.68. The predicted octanol–water partition coefficient (Wildman–Crippen LogP) is 4.60. The summed E-state index contributed by atoms with van der Waals surface area (Å²) in [5, 5.41) is 10.2. The van der Waals surface area contributed by atoms with Crippen LogP contribution in [0.25, 0.3) is 0 Å². The van der Waals surface area contributed by atoms with Crippen molar-refractivity contribution in [1.82, 2.24) is 9.21 Å². The first-order valence-corrected chi connectivity index (χ1v) is 18.7. The van der Waals surface area contributed by atoms with E-state index in [4.69, 9.17) is 9.47 Å². The molecule has 0 aromatic heterocycles. The van der Waals surface area contributed by atoms with Crippen LogP contribution in [0.3, 0.4) is 0 Å². The Bertz CT molecular complexity index is 1690. The first kappa shape index (κ1) is 36.3. The Morgan fingerprint density at radius 3 is 2.23 bits per heavy atom. The van der Waals surface area contributed by atoms with Crippen LogP contribution < -0.4 is 9.46 Å². The van der Waals surface area contributed by atoms with Gasteiger partial charge in [-0.25, -0.2) is 16.8 Å². The molecule has 0 saturated heterocycles. The van der Waals surface area contributed by atoms with Crippen LogP contribution in [0.15, 0.2) is 88.7 Å². The maximum atomic E-state index is 14.3. The number of sulfonamides is 2. The normalized spacial score (nSPS) is 20.9. The van der Waals surface area contributed by atoms with Gasteiger partial charge in [0.1, 0.15) is 5.75 Å². The Morgan fingerprint density at radius 2 is 1.60 bits per heavy atom. The summed E-state index contributed by atoms with van der Waals surface area (Å²) in [7, 11) is -6.22. The highest BCUT2D eigenvalue weighted by molar-refractivity contribution is 7.92. The van der Waals surface area contributed by atoms with Crippen LogP contribution in [-0.4, -0.2) is 88.7 Å². The van der Waals surface area contributed by atoms with E-state index in [1.54, 1.807) is 67.6 Å². The molecule has 0 saturated carbocycles. The fraction of sp³-hybridized carbons (Fsp3) is 0.441. The van der Waals surface area contributed by atoms with Gasteiger partial charge in [0, 0.05) is 38.3 Å². The van der Waals surface area contributed by atoms with E-state index in [0.717, 1.165) is 12.8 Å². The molecule has 2 N–H and O–H groups in total. The lowest BCUT2D eigenvalue weighted by Crippen LogP contribution is -2.48. The third-order valence-electron chi connectivity index (χ3n) is 8.25. The lowest BCUT2D eigenvalue weighted by atomic mass is 10.0. The molecule has 1 aliphatic heterocycles. The van der Waals surface area contributed by atoms with E-state index in [9.17, 15) is 26.7 Å². The first-order valence-electron chi connectivity index (χ1n) is 15.8. The predicted molar refractivity (Wildman–Crippen MR) is 180 cm³/mol. The molecule has 256 valence electrons. The van der Waals surface area contributed by atoms with Gasteiger partial charge in [-0.05, 0) is 75.6 Å². The van der Waals surface area contributed by atoms with Crippen LogP contribution in [0.2, 0.25) is 0 Å². The lowest BCUT2D eigenvalue weighted by molar-refractivity contribution is -0.00833. The average Bonchev–Trinajstić information content (AvgIpc) is 3.06. The van der Waals surface area contributed by atoms with Crippen molar-refractivity contribution in [2.75, 3.05) is 38.1 Å². The van der Waals surface area contributed by atoms with Crippen molar-refractivity contribution in [2.24, 2.45) is 5.92 Å². The van der Waals surface area contributed by atoms with Crippen molar-refractivity contribution < 1.29 is 36.2 Å². The largest absolute Gasteiger partial charge is 0.490 e. The summed E-state index contributed by atoms with van der Waals surface area (Å²) in [5.41, 5.74) is 0.313. The van der Waals surface area contributed by atoms with Crippen LogP contribution in [0.4, 0.5) is 5.69 Å². The molecule has 0 radical (unpaired) electrons. The van der Waals surface area contributed by atoms with E-state index in [1.165, 1.54) is 34.5 Å². The van der Waals surface area contributed by atoms with E-state index in [1.807, 2.05) is 13.8 Å². The lowest BCUT2D eigenvalue weighted by Gasteiger charge is -2.35. The highest BCUT2D eigenvalue weighted by Gasteiger charge is 2.32. The molecule has 1 amide bonds. The highest BCUT2D eigenvalue weighted by Crippen LogP contribution is 2.30. The molecule has 11 nitrogen and oxygen atoms in total. The molecule has 0 fully saturated rings. The molecule has 0 bridgehead atoms. The number of aliphatic hydroxyl groups is 1. The molecule has 13 heteroatoms. The van der Waals surface area contributed by atoms with Crippen molar-refractivity contribution in [3.8, 4) is 5.75 Å². The van der Waals surface area contributed by atoms with Crippen molar-refractivity contribution in [3.05, 3.63) is 84.4 Å². The smallest absolute Gasteiger partial charge is 0.261 e. The van der Waals surface area contributed by atoms with Crippen LogP contribution in [0, 0.1) is 5.92 Å². The number of hydrogen-bond acceptors (Lipinski definition) is 8. The number of carbonyl (C=O) groups excluding carboxylic acids is 1. The first-order chi connectivity index (χ1) is 22.3. The number of nitrogens with zero attached hydrogens (tertiary/aromatic N) is 2. The van der Waals surface area contributed by atoms with Crippen LogP contribution in [0.5, 0.6) is 5.75 Å². The van der Waals surface area contributed by atoms with E-state index in [0.29, 0.717) is 18.8 Å². The van der Waals surface area contributed by atoms with Gasteiger partial charge in [0.05, 0.1) is 40.2 Å². The Morgan fingerprint density at radius 1 is 0.957 bits per heavy atom. The number of amides is 1. The number of fused-ring (bicyclic) bond motifs is 1. The molecule has 1 heterocycles. The van der Waals surface area contributed by atoms with E-state index >= 15 is 0 Å². The van der Waals surface area contributed by atoms with Crippen LogP contribution >= 0.6 is 0 Å². The molecule has 0 unspecified atom stereocenters. The summed E-state index contributed by atoms with van der Waals surface area (Å²) in [6, 6.07) is 20.1. The standard InChI is InChI=1S/C34H45N3O8S2/c1-25-22-37(26(2)24-38)34(39)31-21-28(35-46(40,41)29-14-7-5-8-15-29)18-19-32(31)45-27(3)13-11-12-20-44-33(25)23-36(4)47(42,43)30-16-9-6-10-17-30/h5-10,14-19,21,25-27,33,35,38H,11-13,20,22-24H2,1-4H3/t25-,26-,27+,33+/m1/s1. The number of anilines is 1. The Hall–Kier alpha value is -3.49. The molecule has 3 aromatic rings. The maximum absolute atomic E-state index is 14.3. The van der Waals surface area contributed by atoms with Gasteiger partial charge < -0.3 is 19.5 Å². The summed E-state index contributed by atoms with van der Waals surface area (Å²) in [5.74, 6) is -0.527. The SMILES string of the molecule is C[C@@H]1CN([C@H](C)CO)C(=O)c2cc(NS(=O)(=O)c3ccccc3)ccc2O[C@@H](C)CCCCO[C@H]1CN(C)S(=O)(=O)c1ccccc1. The molecule has 4 atom stereocenters. The van der Waals surface area contributed by atoms with Gasteiger partial charge in [-0.1, -0.05) is 43.3 Å². The molecule has 3 aromatic carbocycles. The van der Waals surface area contributed by atoms with Gasteiger partial charge in [0.25, 0.3) is 15.9 Å². The second-order valence-corrected chi connectivity index (χ2v) is 15.8. The van der Waals surface area contributed by atoms with Crippen molar-refractivity contribution in [1.29, 1.82) is 0 Å². The number of likely N-dealkylation sites (N-methyl/N-ethyl adjacent to an activating group) is 1. The fourth-order valence-electron chi connectivity index (χ4n) is 5.39. The van der Waals surface area contributed by atoms with Gasteiger partial charge in [-0.15, -0.1) is 0 Å². The average molecular weight is 688 g/mol. The Kier molecular flexibility index (Phi) is 12.4. The number of carbonyl (C=O) groups is 1. The second-order valence-electron chi connectivity index (χ2n) is 12.0. The van der Waals surface area contributed by atoms with E-state index < -0.39 is 38.1 Å². The maximum Gasteiger partial charge on any atom is 0.261 e. The second kappa shape index (κ2) is 16.1. The van der Waals surface area contributed by atoms with Gasteiger partial charge >= 0.3 is 0 Å². The van der Waals surface area contributed by atoms with Crippen molar-refractivity contribution in [2.45, 2.75) is 68.1 Å². The molecule has 0 aliphatic carbocycles. The zero-order valence-electron chi connectivity index (χ0n) is 27.3. The zero-order chi connectivity index (χ0) is 34.2. The molecular formula is C34H45N3O8S2. The number of aliphatic hydroxyl groups excluding tert-OH is 1. The minimum Gasteiger partial charge on any atom is -0.490 e. The highest BCUT2D eigenvalue weighted by atomic mass is 32.2. The molecular weight excluding hydrogens is 643 g/mol. The summed E-state index contributed by atoms with van der Waals surface area (Å²) < 4.78 is 69.2. The minimum atomic E-state index is -3.94. The van der Waals surface area contributed by atoms with Crippen LogP contribution in [-0.2, 0) is 24.8 Å². The van der Waals surface area contributed by atoms with Gasteiger partial charge in [0.15, 0.2) is 0 Å².